The summed E-state index contributed by atoms with van der Waals surface area (Å²) in [4.78, 5) is 2.81. The minimum atomic E-state index is -0.622. The van der Waals surface area contributed by atoms with Crippen molar-refractivity contribution in [3.63, 3.8) is 0 Å². The Morgan fingerprint density at radius 3 is 2.21 bits per heavy atom. The maximum absolute atomic E-state index is 12.5. The lowest BCUT2D eigenvalue weighted by Gasteiger charge is -2.60. The summed E-state index contributed by atoms with van der Waals surface area (Å²) in [5, 5.41) is 34.6. The average Bonchev–Trinajstić information content (AvgIpc) is 3.55. The van der Waals surface area contributed by atoms with E-state index in [1.807, 2.05) is 0 Å². The number of fused-ring (bicyclic) bond motifs is 8. The van der Waals surface area contributed by atoms with Gasteiger partial charge in [-0.2, -0.15) is 0 Å². The molecule has 0 unspecified atom stereocenters. The molecule has 7 aliphatic rings. The second kappa shape index (κ2) is 14.1. The first-order valence-electron chi connectivity index (χ1n) is 22.1. The van der Waals surface area contributed by atoms with Crippen LogP contribution >= 0.6 is 0 Å². The Kier molecular flexibility index (Phi) is 9.74. The highest BCUT2D eigenvalue weighted by atomic mass is 16.3. The molecular formula is C48H69NO3. The van der Waals surface area contributed by atoms with Crippen LogP contribution in [0.2, 0.25) is 0 Å². The zero-order valence-electron chi connectivity index (χ0n) is 32.4. The Morgan fingerprint density at radius 1 is 0.692 bits per heavy atom. The number of aliphatic hydroxyl groups excluding tert-OH is 2. The van der Waals surface area contributed by atoms with Crippen molar-refractivity contribution in [2.75, 3.05) is 13.1 Å². The van der Waals surface area contributed by atoms with Crippen LogP contribution in [0, 0.1) is 52.8 Å². The highest BCUT2D eigenvalue weighted by Gasteiger charge is 2.64. The van der Waals surface area contributed by atoms with E-state index in [4.69, 9.17) is 0 Å². The summed E-state index contributed by atoms with van der Waals surface area (Å²) in [5.74, 6) is 5.14. The average molecular weight is 708 g/mol. The van der Waals surface area contributed by atoms with E-state index in [1.54, 1.807) is 5.56 Å². The molecule has 2 aromatic carbocycles. The van der Waals surface area contributed by atoms with E-state index in [2.05, 4.69) is 79.4 Å². The van der Waals surface area contributed by atoms with E-state index in [-0.39, 0.29) is 23.5 Å². The second-order valence-electron chi connectivity index (χ2n) is 20.3. The SMILES string of the molecule is C[C@]1(O)[C@@H]2CC[C@@H]3[C@@H](C[C@H]4[C@@H]3C[C@H](O)[C@H]3C[C@@H](O)CC[C@@]34C)[C@@H]2CN2C[C@@H](CC[C@H](CC3(c4ccccc4)CCCCC3)c3ccccc3)CC[C@H]21. The Morgan fingerprint density at radius 2 is 1.44 bits per heavy atom. The third kappa shape index (κ3) is 6.17. The highest BCUT2D eigenvalue weighted by molar-refractivity contribution is 5.29. The summed E-state index contributed by atoms with van der Waals surface area (Å²) in [6.45, 7) is 7.03. The van der Waals surface area contributed by atoms with E-state index in [0.29, 0.717) is 58.8 Å². The number of hydrogen-bond acceptors (Lipinski definition) is 4. The van der Waals surface area contributed by atoms with E-state index >= 15 is 0 Å². The predicted octanol–water partition coefficient (Wildman–Crippen LogP) is 9.51. The summed E-state index contributed by atoms with van der Waals surface area (Å²) in [6, 6.07) is 23.3. The van der Waals surface area contributed by atoms with Crippen molar-refractivity contribution in [1.29, 1.82) is 0 Å². The van der Waals surface area contributed by atoms with E-state index in [9.17, 15) is 15.3 Å². The zero-order chi connectivity index (χ0) is 35.7. The topological polar surface area (TPSA) is 63.9 Å². The molecule has 52 heavy (non-hydrogen) atoms. The molecular weight excluding hydrogens is 639 g/mol. The molecule has 0 bridgehead atoms. The third-order valence-corrected chi connectivity index (χ3v) is 17.9. The molecule has 5 aliphatic carbocycles. The number of aliphatic hydroxyl groups is 3. The Hall–Kier alpha value is -1.72. The minimum absolute atomic E-state index is 0.149. The van der Waals surface area contributed by atoms with Crippen molar-refractivity contribution in [2.24, 2.45) is 52.8 Å². The highest BCUT2D eigenvalue weighted by Crippen LogP contribution is 2.67. The molecule has 5 saturated carbocycles. The van der Waals surface area contributed by atoms with Gasteiger partial charge < -0.3 is 15.3 Å². The summed E-state index contributed by atoms with van der Waals surface area (Å²) in [7, 11) is 0. The first-order chi connectivity index (χ1) is 25.2. The number of nitrogens with zero attached hydrogens (tertiary/aromatic N) is 1. The van der Waals surface area contributed by atoms with Crippen LogP contribution in [0.3, 0.4) is 0 Å². The summed E-state index contributed by atoms with van der Waals surface area (Å²) in [5.41, 5.74) is 2.92. The molecule has 0 aromatic heterocycles. The molecule has 0 amide bonds. The van der Waals surface area contributed by atoms with Gasteiger partial charge >= 0.3 is 0 Å². The lowest BCUT2D eigenvalue weighted by atomic mass is 9.51. The van der Waals surface area contributed by atoms with Crippen molar-refractivity contribution in [1.82, 2.24) is 4.90 Å². The van der Waals surface area contributed by atoms with Gasteiger partial charge in [-0.15, -0.1) is 0 Å². The van der Waals surface area contributed by atoms with Crippen LogP contribution in [0.5, 0.6) is 0 Å². The van der Waals surface area contributed by atoms with Gasteiger partial charge in [-0.1, -0.05) is 86.8 Å². The molecule has 2 heterocycles. The predicted molar refractivity (Wildman–Crippen MR) is 210 cm³/mol. The van der Waals surface area contributed by atoms with Crippen LogP contribution < -0.4 is 0 Å². The second-order valence-corrected chi connectivity index (χ2v) is 20.3. The molecule has 14 atom stereocenters. The van der Waals surface area contributed by atoms with Crippen LogP contribution in [0.25, 0.3) is 0 Å². The quantitative estimate of drug-likeness (QED) is 0.268. The van der Waals surface area contributed by atoms with E-state index in [1.165, 1.54) is 82.7 Å². The monoisotopic (exact) mass is 708 g/mol. The lowest BCUT2D eigenvalue weighted by Crippen LogP contribution is -2.67. The summed E-state index contributed by atoms with van der Waals surface area (Å²) in [6.07, 6.45) is 19.8. The summed E-state index contributed by atoms with van der Waals surface area (Å²) < 4.78 is 0. The van der Waals surface area contributed by atoms with Crippen LogP contribution in [-0.2, 0) is 5.41 Å². The molecule has 2 aromatic rings. The molecule has 7 fully saturated rings. The number of hydrogen-bond donors (Lipinski definition) is 3. The largest absolute Gasteiger partial charge is 0.393 e. The first-order valence-corrected chi connectivity index (χ1v) is 22.1. The molecule has 284 valence electrons. The molecule has 9 rings (SSSR count). The van der Waals surface area contributed by atoms with Crippen molar-refractivity contribution in [3.8, 4) is 0 Å². The standard InChI is InChI=1S/C48H69NO3/c1-46-25-22-36(50)26-43(46)44(51)28-39-37-19-20-41-40(38(37)27-42(39)46)31-49-30-32(17-21-45(49)47(41,2)52)16-18-34(33-12-6-3-7-13-33)29-48(23-10-5-11-24-48)35-14-8-4-9-15-35/h3-4,6-9,12-15,32,34,36-45,50-52H,5,10-11,16-31H2,1-2H3/t32-,34+,36-,37+,38+,39+,40-,41+,42-,43+,44-,45-,46+,47-/m0/s1. The van der Waals surface area contributed by atoms with Gasteiger partial charge in [0.1, 0.15) is 0 Å². The van der Waals surface area contributed by atoms with Crippen molar-refractivity contribution < 1.29 is 15.3 Å². The van der Waals surface area contributed by atoms with Gasteiger partial charge in [-0.3, -0.25) is 4.90 Å². The number of benzene rings is 2. The van der Waals surface area contributed by atoms with Crippen LogP contribution in [0.4, 0.5) is 0 Å². The first kappa shape index (κ1) is 35.9. The van der Waals surface area contributed by atoms with Gasteiger partial charge in [0.25, 0.3) is 0 Å². The molecule has 4 heteroatoms. The van der Waals surface area contributed by atoms with Gasteiger partial charge in [0, 0.05) is 19.1 Å². The fourth-order valence-electron chi connectivity index (χ4n) is 15.4. The van der Waals surface area contributed by atoms with Crippen LogP contribution in [0.1, 0.15) is 140 Å². The smallest absolute Gasteiger partial charge is 0.0805 e. The van der Waals surface area contributed by atoms with Gasteiger partial charge in [-0.05, 0) is 172 Å². The molecule has 2 aliphatic heterocycles. The van der Waals surface area contributed by atoms with Gasteiger partial charge in [-0.25, -0.2) is 0 Å². The lowest BCUT2D eigenvalue weighted by molar-refractivity contribution is -0.177. The fraction of sp³-hybridized carbons (Fsp3) is 0.750. The van der Waals surface area contributed by atoms with E-state index < -0.39 is 5.60 Å². The van der Waals surface area contributed by atoms with Crippen LogP contribution in [-0.4, -0.2) is 57.2 Å². The Bertz CT molecular complexity index is 1500. The summed E-state index contributed by atoms with van der Waals surface area (Å²) >= 11 is 0. The van der Waals surface area contributed by atoms with Crippen LogP contribution in [0.15, 0.2) is 60.7 Å². The molecule has 0 spiro atoms. The molecule has 2 saturated heterocycles. The normalized spacial score (nSPS) is 44.8. The van der Waals surface area contributed by atoms with Gasteiger partial charge in [0.05, 0.1) is 17.8 Å². The molecule has 0 radical (unpaired) electrons. The van der Waals surface area contributed by atoms with Crippen molar-refractivity contribution in [3.05, 3.63) is 71.8 Å². The number of rotatable bonds is 7. The maximum Gasteiger partial charge on any atom is 0.0805 e. The fourth-order valence-corrected chi connectivity index (χ4v) is 15.4. The van der Waals surface area contributed by atoms with Crippen molar-refractivity contribution in [2.45, 2.75) is 158 Å². The van der Waals surface area contributed by atoms with Gasteiger partial charge in [0.2, 0.25) is 0 Å². The third-order valence-electron chi connectivity index (χ3n) is 17.9. The zero-order valence-corrected chi connectivity index (χ0v) is 32.4. The maximum atomic E-state index is 12.5. The molecule has 3 N–H and O–H groups in total. The minimum Gasteiger partial charge on any atom is -0.393 e. The Balaban J connectivity index is 0.916. The Labute approximate surface area is 315 Å². The number of piperidine rings is 2. The van der Waals surface area contributed by atoms with E-state index in [0.717, 1.165) is 45.1 Å². The molecule has 4 nitrogen and oxygen atoms in total. The van der Waals surface area contributed by atoms with Crippen molar-refractivity contribution >= 4 is 0 Å². The van der Waals surface area contributed by atoms with Gasteiger partial charge in [0.15, 0.2) is 0 Å².